The second-order valence-corrected chi connectivity index (χ2v) is 6.80. The first-order valence-corrected chi connectivity index (χ1v) is 9.71. The standard InChI is InChI=1S/C22H17N3OS/c1-27-17-12-13-18(19(26)14-17)22-24-20(15-8-4-2-5-9-15)23-21(25-22)16-10-6-3-7-11-16/h2-14,26H,1H3. The van der Waals surface area contributed by atoms with Crippen molar-refractivity contribution < 1.29 is 5.11 Å². The molecule has 0 spiro atoms. The monoisotopic (exact) mass is 371 g/mol. The Kier molecular flexibility index (Phi) is 4.85. The summed E-state index contributed by atoms with van der Waals surface area (Å²) in [5.41, 5.74) is 2.39. The quantitative estimate of drug-likeness (QED) is 0.493. The zero-order chi connectivity index (χ0) is 18.6. The molecule has 27 heavy (non-hydrogen) atoms. The van der Waals surface area contributed by atoms with Crippen LogP contribution in [0, 0.1) is 0 Å². The van der Waals surface area contributed by atoms with Crippen molar-refractivity contribution >= 4 is 11.8 Å². The number of rotatable bonds is 4. The van der Waals surface area contributed by atoms with Gasteiger partial charge in [0.2, 0.25) is 0 Å². The first-order valence-electron chi connectivity index (χ1n) is 8.49. The van der Waals surface area contributed by atoms with E-state index in [9.17, 15) is 5.11 Å². The minimum absolute atomic E-state index is 0.158. The van der Waals surface area contributed by atoms with Crippen molar-refractivity contribution in [1.29, 1.82) is 0 Å². The van der Waals surface area contributed by atoms with Crippen LogP contribution < -0.4 is 0 Å². The molecule has 0 amide bonds. The van der Waals surface area contributed by atoms with E-state index in [1.807, 2.05) is 79.1 Å². The first kappa shape index (κ1) is 17.2. The fraction of sp³-hybridized carbons (Fsp3) is 0.0455. The van der Waals surface area contributed by atoms with Crippen LogP contribution in [0.1, 0.15) is 0 Å². The average Bonchev–Trinajstić information content (AvgIpc) is 2.74. The van der Waals surface area contributed by atoms with E-state index in [0.29, 0.717) is 23.0 Å². The molecule has 1 N–H and O–H groups in total. The van der Waals surface area contributed by atoms with Crippen LogP contribution in [-0.2, 0) is 0 Å². The Balaban J connectivity index is 1.91. The van der Waals surface area contributed by atoms with Crippen LogP contribution in [0.2, 0.25) is 0 Å². The van der Waals surface area contributed by atoms with Gasteiger partial charge in [0, 0.05) is 16.0 Å². The van der Waals surface area contributed by atoms with Gasteiger partial charge in [-0.3, -0.25) is 0 Å². The van der Waals surface area contributed by atoms with Crippen LogP contribution >= 0.6 is 11.8 Å². The van der Waals surface area contributed by atoms with Gasteiger partial charge in [0.05, 0.1) is 5.56 Å². The van der Waals surface area contributed by atoms with Gasteiger partial charge in [0.25, 0.3) is 0 Å². The van der Waals surface area contributed by atoms with Crippen molar-refractivity contribution in [3.63, 3.8) is 0 Å². The lowest BCUT2D eigenvalue weighted by atomic mass is 10.1. The molecule has 1 heterocycles. The van der Waals surface area contributed by atoms with E-state index in [4.69, 9.17) is 0 Å². The average molecular weight is 371 g/mol. The van der Waals surface area contributed by atoms with Crippen LogP contribution in [0.4, 0.5) is 0 Å². The molecule has 4 rings (SSSR count). The van der Waals surface area contributed by atoms with Crippen LogP contribution in [0.3, 0.4) is 0 Å². The number of benzene rings is 3. The van der Waals surface area contributed by atoms with Crippen LogP contribution in [0.25, 0.3) is 34.2 Å². The summed E-state index contributed by atoms with van der Waals surface area (Å²) in [6.07, 6.45) is 1.97. The van der Waals surface area contributed by atoms with Gasteiger partial charge in [-0.25, -0.2) is 15.0 Å². The third kappa shape index (κ3) is 3.68. The van der Waals surface area contributed by atoms with E-state index in [-0.39, 0.29) is 5.75 Å². The third-order valence-electron chi connectivity index (χ3n) is 4.15. The normalized spacial score (nSPS) is 10.7. The molecule has 4 nitrogen and oxygen atoms in total. The topological polar surface area (TPSA) is 58.9 Å². The van der Waals surface area contributed by atoms with Crippen LogP contribution in [0.5, 0.6) is 5.75 Å². The fourth-order valence-electron chi connectivity index (χ4n) is 2.76. The summed E-state index contributed by atoms with van der Waals surface area (Å²) in [7, 11) is 0. The highest BCUT2D eigenvalue weighted by molar-refractivity contribution is 7.98. The molecular formula is C22H17N3OS. The number of hydrogen-bond donors (Lipinski definition) is 1. The minimum Gasteiger partial charge on any atom is -0.507 e. The third-order valence-corrected chi connectivity index (χ3v) is 4.87. The Hall–Kier alpha value is -3.18. The van der Waals surface area contributed by atoms with E-state index < -0.39 is 0 Å². The highest BCUT2D eigenvalue weighted by atomic mass is 32.2. The largest absolute Gasteiger partial charge is 0.507 e. The molecule has 0 fully saturated rings. The molecule has 0 aliphatic carbocycles. The molecular weight excluding hydrogens is 354 g/mol. The Morgan fingerprint density at radius 3 is 1.67 bits per heavy atom. The van der Waals surface area contributed by atoms with Gasteiger partial charge >= 0.3 is 0 Å². The molecule has 0 aliphatic heterocycles. The predicted molar refractivity (Wildman–Crippen MR) is 110 cm³/mol. The van der Waals surface area contributed by atoms with Gasteiger partial charge in [-0.05, 0) is 24.5 Å². The Morgan fingerprint density at radius 2 is 1.19 bits per heavy atom. The SMILES string of the molecule is CSc1ccc(-c2nc(-c3ccccc3)nc(-c3ccccc3)n2)c(O)c1. The summed E-state index contributed by atoms with van der Waals surface area (Å²) in [5, 5.41) is 10.5. The highest BCUT2D eigenvalue weighted by Crippen LogP contribution is 2.32. The summed E-state index contributed by atoms with van der Waals surface area (Å²) in [5.74, 6) is 1.76. The predicted octanol–water partition coefficient (Wildman–Crippen LogP) is 5.30. The van der Waals surface area contributed by atoms with Gasteiger partial charge in [-0.1, -0.05) is 60.7 Å². The molecule has 0 atom stereocenters. The maximum absolute atomic E-state index is 10.5. The lowest BCUT2D eigenvalue weighted by molar-refractivity contribution is 0.475. The van der Waals surface area contributed by atoms with E-state index in [0.717, 1.165) is 16.0 Å². The van der Waals surface area contributed by atoms with Gasteiger partial charge in [0.1, 0.15) is 5.75 Å². The number of aromatic hydroxyl groups is 1. The fourth-order valence-corrected chi connectivity index (χ4v) is 3.19. The van der Waals surface area contributed by atoms with Gasteiger partial charge < -0.3 is 5.11 Å². The highest BCUT2D eigenvalue weighted by Gasteiger charge is 2.14. The number of phenols is 1. The maximum Gasteiger partial charge on any atom is 0.167 e. The van der Waals surface area contributed by atoms with Crippen molar-refractivity contribution in [2.45, 2.75) is 4.90 Å². The molecule has 0 bridgehead atoms. The second kappa shape index (κ2) is 7.60. The van der Waals surface area contributed by atoms with E-state index in [1.165, 1.54) is 0 Å². The van der Waals surface area contributed by atoms with Gasteiger partial charge in [-0.15, -0.1) is 11.8 Å². The molecule has 0 radical (unpaired) electrons. The number of nitrogens with zero attached hydrogens (tertiary/aromatic N) is 3. The molecule has 0 unspecified atom stereocenters. The van der Waals surface area contributed by atoms with Crippen molar-refractivity contribution in [2.24, 2.45) is 0 Å². The number of hydrogen-bond acceptors (Lipinski definition) is 5. The molecule has 0 saturated heterocycles. The van der Waals surface area contributed by atoms with Crippen LogP contribution in [0.15, 0.2) is 83.8 Å². The zero-order valence-corrected chi connectivity index (χ0v) is 15.5. The number of thioether (sulfide) groups is 1. The summed E-state index contributed by atoms with van der Waals surface area (Å²) in [4.78, 5) is 14.9. The Morgan fingerprint density at radius 1 is 0.667 bits per heavy atom. The lowest BCUT2D eigenvalue weighted by Gasteiger charge is -2.10. The minimum atomic E-state index is 0.158. The van der Waals surface area contributed by atoms with E-state index in [1.54, 1.807) is 17.8 Å². The Bertz CT molecular complexity index is 1010. The number of phenolic OH excluding ortho intramolecular Hbond substituents is 1. The molecule has 4 aromatic rings. The summed E-state index contributed by atoms with van der Waals surface area (Å²) < 4.78 is 0. The molecule has 3 aromatic carbocycles. The molecule has 0 saturated carbocycles. The maximum atomic E-state index is 10.5. The van der Waals surface area contributed by atoms with Crippen molar-refractivity contribution in [3.8, 4) is 39.9 Å². The van der Waals surface area contributed by atoms with Gasteiger partial charge in [0.15, 0.2) is 17.5 Å². The summed E-state index contributed by atoms with van der Waals surface area (Å²) in [6.45, 7) is 0. The smallest absolute Gasteiger partial charge is 0.167 e. The van der Waals surface area contributed by atoms with Crippen molar-refractivity contribution in [2.75, 3.05) is 6.26 Å². The van der Waals surface area contributed by atoms with E-state index >= 15 is 0 Å². The second-order valence-electron chi connectivity index (χ2n) is 5.92. The number of aromatic nitrogens is 3. The zero-order valence-electron chi connectivity index (χ0n) is 14.7. The van der Waals surface area contributed by atoms with E-state index in [2.05, 4.69) is 15.0 Å². The molecule has 5 heteroatoms. The van der Waals surface area contributed by atoms with Crippen molar-refractivity contribution in [3.05, 3.63) is 78.9 Å². The van der Waals surface area contributed by atoms with Crippen molar-refractivity contribution in [1.82, 2.24) is 15.0 Å². The molecule has 0 aliphatic rings. The summed E-state index contributed by atoms with van der Waals surface area (Å²) >= 11 is 1.57. The summed E-state index contributed by atoms with van der Waals surface area (Å²) in [6, 6.07) is 25.1. The lowest BCUT2D eigenvalue weighted by Crippen LogP contribution is -2.00. The van der Waals surface area contributed by atoms with Gasteiger partial charge in [-0.2, -0.15) is 0 Å². The van der Waals surface area contributed by atoms with Crippen LogP contribution in [-0.4, -0.2) is 26.3 Å². The molecule has 132 valence electrons. The molecule has 1 aromatic heterocycles. The first-order chi connectivity index (χ1) is 13.2. The Labute approximate surface area is 162 Å².